The molecular weight excluding hydrogens is 300 g/mol. The molecule has 0 unspecified atom stereocenters. The predicted molar refractivity (Wildman–Crippen MR) is 66.7 cm³/mol. The molecule has 2 fully saturated rings. The van der Waals surface area contributed by atoms with Crippen LogP contribution in [0.5, 0.6) is 0 Å². The second-order valence-corrected chi connectivity index (χ2v) is 5.78. The highest BCUT2D eigenvalue weighted by Gasteiger charge is 2.47. The van der Waals surface area contributed by atoms with Crippen molar-refractivity contribution < 1.29 is 14.6 Å². The molecule has 6 heteroatoms. The van der Waals surface area contributed by atoms with E-state index in [1.54, 1.807) is 12.4 Å². The summed E-state index contributed by atoms with van der Waals surface area (Å²) in [5.41, 5.74) is -0.957. The molecule has 1 saturated carbocycles. The molecule has 18 heavy (non-hydrogen) atoms. The van der Waals surface area contributed by atoms with Gasteiger partial charge in [-0.1, -0.05) is 0 Å². The molecule has 1 aromatic rings. The van der Waals surface area contributed by atoms with Gasteiger partial charge in [-0.2, -0.15) is 0 Å². The standard InChI is InChI=1S/C12H15BrN2O3/c13-9-7-14-10(15-8-9)11(16)1-3-12(4-2-11)17-5-6-18-12/h7-8,16H,1-6H2. The number of nitrogens with zero attached hydrogens (tertiary/aromatic N) is 2. The van der Waals surface area contributed by atoms with Gasteiger partial charge in [-0.3, -0.25) is 0 Å². The van der Waals surface area contributed by atoms with Gasteiger partial charge in [-0.15, -0.1) is 0 Å². The molecule has 1 saturated heterocycles. The zero-order valence-electron chi connectivity index (χ0n) is 9.93. The van der Waals surface area contributed by atoms with Crippen LogP contribution in [-0.2, 0) is 15.1 Å². The molecule has 3 rings (SSSR count). The largest absolute Gasteiger partial charge is 0.382 e. The fraction of sp³-hybridized carbons (Fsp3) is 0.667. The van der Waals surface area contributed by atoms with Gasteiger partial charge in [-0.25, -0.2) is 9.97 Å². The number of halogens is 1. The van der Waals surface area contributed by atoms with E-state index in [9.17, 15) is 5.11 Å². The number of hydrogen-bond acceptors (Lipinski definition) is 5. The SMILES string of the molecule is OC1(c2ncc(Br)cn2)CCC2(CC1)OCCO2. The summed E-state index contributed by atoms with van der Waals surface area (Å²) < 4.78 is 12.1. The zero-order chi connectivity index (χ0) is 12.6. The Morgan fingerprint density at radius 2 is 1.61 bits per heavy atom. The number of rotatable bonds is 1. The quantitative estimate of drug-likeness (QED) is 0.855. The van der Waals surface area contributed by atoms with Gasteiger partial charge in [0.25, 0.3) is 0 Å². The van der Waals surface area contributed by atoms with Crippen LogP contribution >= 0.6 is 15.9 Å². The summed E-state index contributed by atoms with van der Waals surface area (Å²) in [6, 6.07) is 0. The van der Waals surface area contributed by atoms with Crippen LogP contribution in [-0.4, -0.2) is 34.1 Å². The third-order valence-electron chi connectivity index (χ3n) is 3.69. The second kappa shape index (κ2) is 4.52. The third kappa shape index (κ3) is 2.18. The van der Waals surface area contributed by atoms with Crippen molar-refractivity contribution in [3.63, 3.8) is 0 Å². The maximum absolute atomic E-state index is 10.6. The van der Waals surface area contributed by atoms with Crippen LogP contribution in [0.2, 0.25) is 0 Å². The van der Waals surface area contributed by atoms with Crippen LogP contribution < -0.4 is 0 Å². The minimum atomic E-state index is -0.957. The Balaban J connectivity index is 1.75. The molecule has 5 nitrogen and oxygen atoms in total. The average molecular weight is 315 g/mol. The van der Waals surface area contributed by atoms with Crippen LogP contribution in [0.15, 0.2) is 16.9 Å². The van der Waals surface area contributed by atoms with E-state index in [2.05, 4.69) is 25.9 Å². The van der Waals surface area contributed by atoms with Crippen molar-refractivity contribution in [1.29, 1.82) is 0 Å². The normalized spacial score (nSPS) is 25.4. The summed E-state index contributed by atoms with van der Waals surface area (Å²) in [5, 5.41) is 10.6. The Hall–Kier alpha value is -0.560. The lowest BCUT2D eigenvalue weighted by atomic mass is 9.80. The maximum atomic E-state index is 10.6. The summed E-state index contributed by atoms with van der Waals surface area (Å²) in [6.45, 7) is 1.29. The zero-order valence-corrected chi connectivity index (χ0v) is 11.5. The minimum Gasteiger partial charge on any atom is -0.382 e. The van der Waals surface area contributed by atoms with Crippen molar-refractivity contribution in [2.75, 3.05) is 13.2 Å². The lowest BCUT2D eigenvalue weighted by molar-refractivity contribution is -0.205. The minimum absolute atomic E-state index is 0.471. The molecule has 2 heterocycles. The maximum Gasteiger partial charge on any atom is 0.168 e. The highest BCUT2D eigenvalue weighted by Crippen LogP contribution is 2.43. The third-order valence-corrected chi connectivity index (χ3v) is 4.10. The first kappa shape index (κ1) is 12.5. The fourth-order valence-corrected chi connectivity index (χ4v) is 2.81. The summed E-state index contributed by atoms with van der Waals surface area (Å²) >= 11 is 3.29. The van der Waals surface area contributed by atoms with Crippen molar-refractivity contribution in [2.45, 2.75) is 37.1 Å². The van der Waals surface area contributed by atoms with Crippen LogP contribution in [0.25, 0.3) is 0 Å². The Morgan fingerprint density at radius 1 is 1.06 bits per heavy atom. The number of hydrogen-bond donors (Lipinski definition) is 1. The summed E-state index contributed by atoms with van der Waals surface area (Å²) in [7, 11) is 0. The average Bonchev–Trinajstić information content (AvgIpc) is 2.83. The van der Waals surface area contributed by atoms with Gasteiger partial charge >= 0.3 is 0 Å². The molecule has 0 amide bonds. The van der Waals surface area contributed by atoms with Gasteiger partial charge in [0.2, 0.25) is 0 Å². The molecule has 1 spiro atoms. The van der Waals surface area contributed by atoms with Crippen LogP contribution in [0.3, 0.4) is 0 Å². The van der Waals surface area contributed by atoms with Crippen molar-refractivity contribution in [2.24, 2.45) is 0 Å². The monoisotopic (exact) mass is 314 g/mol. The molecule has 1 aliphatic heterocycles. The van der Waals surface area contributed by atoms with Crippen molar-refractivity contribution in [3.8, 4) is 0 Å². The fourth-order valence-electron chi connectivity index (χ4n) is 2.61. The topological polar surface area (TPSA) is 64.5 Å². The Morgan fingerprint density at radius 3 is 2.17 bits per heavy atom. The first-order valence-electron chi connectivity index (χ1n) is 6.10. The smallest absolute Gasteiger partial charge is 0.168 e. The molecule has 98 valence electrons. The molecule has 0 aromatic carbocycles. The number of aliphatic hydroxyl groups is 1. The van der Waals surface area contributed by atoms with Gasteiger partial charge in [0.15, 0.2) is 11.6 Å². The molecule has 2 aliphatic rings. The van der Waals surface area contributed by atoms with Gasteiger partial charge in [0.1, 0.15) is 5.60 Å². The lowest BCUT2D eigenvalue weighted by Crippen LogP contribution is -2.42. The molecule has 0 radical (unpaired) electrons. The van der Waals surface area contributed by atoms with E-state index in [0.717, 1.165) is 4.47 Å². The summed E-state index contributed by atoms with van der Waals surface area (Å²) in [5.74, 6) is 0.0141. The summed E-state index contributed by atoms with van der Waals surface area (Å²) in [4.78, 5) is 8.40. The van der Waals surface area contributed by atoms with Gasteiger partial charge in [-0.05, 0) is 28.8 Å². The van der Waals surface area contributed by atoms with E-state index < -0.39 is 11.4 Å². The first-order valence-corrected chi connectivity index (χ1v) is 6.90. The molecule has 0 atom stereocenters. The first-order chi connectivity index (χ1) is 8.62. The van der Waals surface area contributed by atoms with E-state index in [1.807, 2.05) is 0 Å². The lowest BCUT2D eigenvalue weighted by Gasteiger charge is -2.39. The predicted octanol–water partition coefficient (Wildman–Crippen LogP) is 1.74. The van der Waals surface area contributed by atoms with Crippen molar-refractivity contribution in [3.05, 3.63) is 22.7 Å². The molecule has 0 bridgehead atoms. The van der Waals surface area contributed by atoms with Crippen molar-refractivity contribution in [1.82, 2.24) is 9.97 Å². The van der Waals surface area contributed by atoms with E-state index in [4.69, 9.17) is 9.47 Å². The molecule has 1 N–H and O–H groups in total. The second-order valence-electron chi connectivity index (χ2n) is 4.86. The molecular formula is C12H15BrN2O3. The Bertz CT molecular complexity index is 421. The van der Waals surface area contributed by atoms with E-state index >= 15 is 0 Å². The van der Waals surface area contributed by atoms with Gasteiger partial charge in [0.05, 0.1) is 17.7 Å². The van der Waals surface area contributed by atoms with E-state index in [-0.39, 0.29) is 0 Å². The number of aromatic nitrogens is 2. The Kier molecular flexibility index (Phi) is 3.13. The molecule has 1 aromatic heterocycles. The van der Waals surface area contributed by atoms with Crippen molar-refractivity contribution >= 4 is 15.9 Å². The van der Waals surface area contributed by atoms with Gasteiger partial charge < -0.3 is 14.6 Å². The van der Waals surface area contributed by atoms with Gasteiger partial charge in [0, 0.05) is 25.2 Å². The van der Waals surface area contributed by atoms with Crippen LogP contribution in [0.1, 0.15) is 31.5 Å². The Labute approximate surface area is 114 Å². The van der Waals surface area contributed by atoms with E-state index in [0.29, 0.717) is 44.7 Å². The van der Waals surface area contributed by atoms with Crippen LogP contribution in [0.4, 0.5) is 0 Å². The summed E-state index contributed by atoms with van der Waals surface area (Å²) in [6.07, 6.45) is 5.82. The number of ether oxygens (including phenoxy) is 2. The highest BCUT2D eigenvalue weighted by molar-refractivity contribution is 9.10. The highest BCUT2D eigenvalue weighted by atomic mass is 79.9. The van der Waals surface area contributed by atoms with E-state index in [1.165, 1.54) is 0 Å². The molecule has 1 aliphatic carbocycles. The van der Waals surface area contributed by atoms with Crippen LogP contribution in [0, 0.1) is 0 Å².